The highest BCUT2D eigenvalue weighted by Gasteiger charge is 2.38. The Kier molecular flexibility index (Phi) is 9.78. The second kappa shape index (κ2) is 14.0. The van der Waals surface area contributed by atoms with E-state index < -0.39 is 17.7 Å². The Morgan fingerprint density at radius 2 is 1.73 bits per heavy atom. The predicted molar refractivity (Wildman–Crippen MR) is 182 cm³/mol. The number of carbonyl (C=O) groups is 2. The third-order valence-corrected chi connectivity index (χ3v) is 10.5. The van der Waals surface area contributed by atoms with E-state index in [1.54, 1.807) is 24.4 Å². The molecule has 0 aromatic heterocycles. The fourth-order valence-electron chi connectivity index (χ4n) is 7.79. The van der Waals surface area contributed by atoms with Crippen molar-refractivity contribution < 1.29 is 28.2 Å². The van der Waals surface area contributed by atoms with E-state index >= 15 is 4.39 Å². The number of aliphatic hydroxyl groups is 1. The van der Waals surface area contributed by atoms with Crippen LogP contribution in [0.2, 0.25) is 0 Å². The van der Waals surface area contributed by atoms with Crippen molar-refractivity contribution in [1.29, 1.82) is 10.8 Å². The van der Waals surface area contributed by atoms with Gasteiger partial charge in [-0.3, -0.25) is 20.0 Å². The average molecular weight is 654 g/mol. The molecule has 3 aliphatic carbocycles. The molecule has 7 nitrogen and oxygen atoms in total. The summed E-state index contributed by atoms with van der Waals surface area (Å²) in [6, 6.07) is 8.13. The Morgan fingerprint density at radius 3 is 2.46 bits per heavy atom. The summed E-state index contributed by atoms with van der Waals surface area (Å²) in [5, 5.41) is 27.7. The van der Waals surface area contributed by atoms with Crippen molar-refractivity contribution in [2.24, 2.45) is 28.7 Å². The molecule has 0 bridgehead atoms. The summed E-state index contributed by atoms with van der Waals surface area (Å²) < 4.78 is 34.7. The van der Waals surface area contributed by atoms with E-state index in [2.05, 4.69) is 4.99 Å². The summed E-state index contributed by atoms with van der Waals surface area (Å²) in [6.07, 6.45) is 12.1. The number of allylic oxidation sites excluding steroid dienone is 5. The first kappa shape index (κ1) is 33.5. The van der Waals surface area contributed by atoms with Crippen LogP contribution in [0.4, 0.5) is 8.78 Å². The van der Waals surface area contributed by atoms with Crippen LogP contribution in [0.1, 0.15) is 84.8 Å². The van der Waals surface area contributed by atoms with Gasteiger partial charge < -0.3 is 15.3 Å². The van der Waals surface area contributed by atoms with E-state index in [1.165, 1.54) is 19.2 Å². The number of aryl methyl sites for hydroxylation is 1. The van der Waals surface area contributed by atoms with Crippen molar-refractivity contribution >= 4 is 34.3 Å². The molecule has 2 aromatic carbocycles. The molecule has 2 fully saturated rings. The Bertz CT molecular complexity index is 1810. The second-order valence-corrected chi connectivity index (χ2v) is 13.5. The number of fused-ring (bicyclic) bond motifs is 1. The first-order chi connectivity index (χ1) is 23.1. The number of ketones is 2. The van der Waals surface area contributed by atoms with Crippen LogP contribution in [0.15, 0.2) is 65.3 Å². The number of carbonyl (C=O) groups excluding carboxylic acids is 2. The summed E-state index contributed by atoms with van der Waals surface area (Å²) in [6.45, 7) is 1.82. The largest absolute Gasteiger partial charge is 0.494 e. The molecule has 9 heteroatoms. The van der Waals surface area contributed by atoms with Gasteiger partial charge in [0, 0.05) is 58.3 Å². The fourth-order valence-corrected chi connectivity index (χ4v) is 7.79. The zero-order valence-electron chi connectivity index (χ0n) is 27.3. The van der Waals surface area contributed by atoms with E-state index in [9.17, 15) is 19.1 Å². The van der Waals surface area contributed by atoms with Crippen LogP contribution in [-0.2, 0) is 4.79 Å². The monoisotopic (exact) mass is 653 g/mol. The molecule has 2 saturated carbocycles. The van der Waals surface area contributed by atoms with E-state index in [0.717, 1.165) is 19.3 Å². The fraction of sp³-hybridized carbons (Fsp3) is 0.410. The van der Waals surface area contributed by atoms with E-state index in [4.69, 9.17) is 15.6 Å². The maximum atomic E-state index is 15.1. The summed E-state index contributed by atoms with van der Waals surface area (Å²) >= 11 is 0. The summed E-state index contributed by atoms with van der Waals surface area (Å²) in [7, 11) is 1.28. The lowest BCUT2D eigenvalue weighted by molar-refractivity contribution is -0.126. The lowest BCUT2D eigenvalue weighted by atomic mass is 9.81. The molecule has 48 heavy (non-hydrogen) atoms. The van der Waals surface area contributed by atoms with Gasteiger partial charge in [0.1, 0.15) is 5.78 Å². The Morgan fingerprint density at radius 1 is 0.979 bits per heavy atom. The first-order valence-electron chi connectivity index (χ1n) is 16.7. The lowest BCUT2D eigenvalue weighted by Gasteiger charge is -2.22. The van der Waals surface area contributed by atoms with Crippen LogP contribution in [0.3, 0.4) is 0 Å². The Balaban J connectivity index is 1.13. The number of benzene rings is 2. The Labute approximate surface area is 279 Å². The van der Waals surface area contributed by atoms with Crippen molar-refractivity contribution in [3.8, 4) is 5.75 Å². The van der Waals surface area contributed by atoms with Gasteiger partial charge in [0.15, 0.2) is 17.3 Å². The van der Waals surface area contributed by atoms with Crippen molar-refractivity contribution in [3.05, 3.63) is 94.2 Å². The molecular weight excluding hydrogens is 612 g/mol. The number of Topliss-reactive ketones (excluding diaryl/α,β-unsaturated/α-hetero) is 2. The van der Waals surface area contributed by atoms with Gasteiger partial charge in [-0.2, -0.15) is 4.39 Å². The average Bonchev–Trinajstić information content (AvgIpc) is 3.82. The number of nitrogens with one attached hydrogen (secondary N) is 2. The van der Waals surface area contributed by atoms with E-state index in [0.29, 0.717) is 71.4 Å². The smallest absolute Gasteiger partial charge is 0.201 e. The number of aliphatic imine (C=N–C) groups is 1. The van der Waals surface area contributed by atoms with Crippen molar-refractivity contribution in [3.63, 3.8) is 0 Å². The summed E-state index contributed by atoms with van der Waals surface area (Å²) in [5.41, 5.74) is 4.21. The minimum atomic E-state index is -1.06. The quantitative estimate of drug-likeness (QED) is 0.138. The second-order valence-electron chi connectivity index (χ2n) is 13.5. The molecule has 0 saturated heterocycles. The maximum absolute atomic E-state index is 15.1. The number of rotatable bonds is 10. The van der Waals surface area contributed by atoms with Crippen LogP contribution in [0.25, 0.3) is 5.57 Å². The molecule has 1 heterocycles. The molecular formula is C39H41F2N3O4. The van der Waals surface area contributed by atoms with Gasteiger partial charge in [-0.15, -0.1) is 0 Å². The maximum Gasteiger partial charge on any atom is 0.201 e. The first-order valence-corrected chi connectivity index (χ1v) is 16.7. The van der Waals surface area contributed by atoms with Gasteiger partial charge in [-0.05, 0) is 93.5 Å². The topological polar surface area (TPSA) is 124 Å². The van der Waals surface area contributed by atoms with Gasteiger partial charge in [-0.1, -0.05) is 30.4 Å². The van der Waals surface area contributed by atoms with Crippen molar-refractivity contribution in [2.45, 2.75) is 70.8 Å². The molecule has 250 valence electrons. The molecule has 6 rings (SSSR count). The van der Waals surface area contributed by atoms with Gasteiger partial charge in [0.2, 0.25) is 5.82 Å². The van der Waals surface area contributed by atoms with Crippen LogP contribution < -0.4 is 4.74 Å². The molecule has 0 radical (unpaired) electrons. The zero-order chi connectivity index (χ0) is 34.1. The lowest BCUT2D eigenvalue weighted by Crippen LogP contribution is -2.22. The minimum Gasteiger partial charge on any atom is -0.494 e. The molecule has 0 spiro atoms. The molecule has 2 unspecified atom stereocenters. The minimum absolute atomic E-state index is 0.0156. The highest BCUT2D eigenvalue weighted by Crippen LogP contribution is 2.40. The SMILES string of the molecule is COc1ccc(C2=CN=C3/C(C(=N)c4ccc(C(=O)CC(=N)[C@H]5CCC(C(=O)[C@H]6CC[C@H](O)C6)C5)c(C)c4)=C/C/C=C\CC23)c(F)c1F. The van der Waals surface area contributed by atoms with Gasteiger partial charge >= 0.3 is 0 Å². The summed E-state index contributed by atoms with van der Waals surface area (Å²) in [5.74, 6) is -2.84. The molecule has 4 aliphatic rings. The normalized spacial score (nSPS) is 26.8. The van der Waals surface area contributed by atoms with Crippen LogP contribution in [0.5, 0.6) is 5.75 Å². The summed E-state index contributed by atoms with van der Waals surface area (Å²) in [4.78, 5) is 31.0. The predicted octanol–water partition coefficient (Wildman–Crippen LogP) is 7.78. The number of methoxy groups -OCH3 is 1. The number of aliphatic hydroxyl groups excluding tert-OH is 1. The molecule has 1 aliphatic heterocycles. The van der Waals surface area contributed by atoms with Gasteiger partial charge in [0.25, 0.3) is 0 Å². The zero-order valence-corrected chi connectivity index (χ0v) is 27.3. The third kappa shape index (κ3) is 6.52. The number of hydrogen-bond acceptors (Lipinski definition) is 7. The van der Waals surface area contributed by atoms with Gasteiger partial charge in [0.05, 0.1) is 24.6 Å². The molecule has 5 atom stereocenters. The highest BCUT2D eigenvalue weighted by atomic mass is 19.2. The van der Waals surface area contributed by atoms with Crippen LogP contribution >= 0.6 is 0 Å². The number of halogens is 2. The number of ether oxygens (including phenoxy) is 1. The van der Waals surface area contributed by atoms with E-state index in [1.807, 2.05) is 25.2 Å². The molecule has 3 N–H and O–H groups in total. The molecule has 0 amide bonds. The third-order valence-electron chi connectivity index (χ3n) is 10.5. The van der Waals surface area contributed by atoms with Crippen molar-refractivity contribution in [2.75, 3.05) is 7.11 Å². The van der Waals surface area contributed by atoms with Crippen LogP contribution in [0, 0.1) is 53.0 Å². The number of nitrogens with zero attached hydrogens (tertiary/aromatic N) is 1. The van der Waals surface area contributed by atoms with Gasteiger partial charge in [-0.25, -0.2) is 4.39 Å². The van der Waals surface area contributed by atoms with Crippen molar-refractivity contribution in [1.82, 2.24) is 0 Å². The van der Waals surface area contributed by atoms with E-state index in [-0.39, 0.29) is 58.7 Å². The number of hydrogen-bond donors (Lipinski definition) is 3. The Hall–Kier alpha value is -4.37. The van der Waals surface area contributed by atoms with Crippen LogP contribution in [-0.4, -0.2) is 47.0 Å². The standard InChI is InChI=1S/C39H41F2N3O4/c1-21-16-23(11-13-27(21)33(46)19-32(42)22-8-9-24(17-22)39(47)25-10-12-26(45)18-25)37(43)30-7-5-3-4-6-29-31(20-44-38(29)30)28-14-15-34(48-2)36(41)35(28)40/h3-4,7,11,13-16,20,22,24-26,29,42-43,45H,5-6,8-10,12,17-19H2,1-2H3/b4-3-,30-7+,42-32?,43-37?/t22-,24?,25-,26-,29?/m0/s1. The molecule has 2 aromatic rings. The highest BCUT2D eigenvalue weighted by molar-refractivity contribution is 6.32.